The van der Waals surface area contributed by atoms with Crippen molar-refractivity contribution in [2.75, 3.05) is 13.7 Å². The molecule has 0 radical (unpaired) electrons. The first-order chi connectivity index (χ1) is 9.03. The summed E-state index contributed by atoms with van der Waals surface area (Å²) in [4.78, 5) is 11.5. The van der Waals surface area contributed by atoms with E-state index < -0.39 is 12.1 Å². The Balaban J connectivity index is 2.97. The van der Waals surface area contributed by atoms with Gasteiger partial charge in [0.15, 0.2) is 17.6 Å². The fourth-order valence-corrected chi connectivity index (χ4v) is 1.77. The zero-order valence-electron chi connectivity index (χ0n) is 11.2. The number of hydrogen-bond acceptors (Lipinski definition) is 5. The maximum Gasteiger partial charge on any atom is 0.347 e. The Morgan fingerprint density at radius 2 is 2.16 bits per heavy atom. The van der Waals surface area contributed by atoms with Crippen LogP contribution in [-0.4, -0.2) is 25.8 Å². The lowest BCUT2D eigenvalue weighted by atomic mass is 10.2. The van der Waals surface area contributed by atoms with Crippen LogP contribution in [0.4, 0.5) is 0 Å². The second kappa shape index (κ2) is 7.21. The van der Waals surface area contributed by atoms with Crippen LogP contribution < -0.4 is 15.2 Å². The molecular formula is C13H18ClNO4. The number of hydrogen-bond donors (Lipinski definition) is 1. The Labute approximate surface area is 117 Å². The molecule has 0 aliphatic rings. The van der Waals surface area contributed by atoms with Crippen LogP contribution in [0.15, 0.2) is 12.1 Å². The minimum absolute atomic E-state index is 0.295. The van der Waals surface area contributed by atoms with Crippen molar-refractivity contribution >= 4 is 17.6 Å². The van der Waals surface area contributed by atoms with Crippen molar-refractivity contribution in [2.45, 2.75) is 26.5 Å². The third-order valence-corrected chi connectivity index (χ3v) is 2.72. The van der Waals surface area contributed by atoms with Gasteiger partial charge in [-0.05, 0) is 31.5 Å². The number of carbonyl (C=O) groups is 1. The lowest BCUT2D eigenvalue weighted by Gasteiger charge is -2.17. The summed E-state index contributed by atoms with van der Waals surface area (Å²) >= 11 is 6.11. The van der Waals surface area contributed by atoms with Crippen LogP contribution in [0.2, 0.25) is 5.02 Å². The Morgan fingerprint density at radius 3 is 2.68 bits per heavy atom. The van der Waals surface area contributed by atoms with Gasteiger partial charge < -0.3 is 19.9 Å². The molecule has 0 saturated heterocycles. The number of carbonyl (C=O) groups excluding carboxylic acids is 1. The molecule has 0 aromatic heterocycles. The van der Waals surface area contributed by atoms with Crippen LogP contribution in [0.25, 0.3) is 0 Å². The largest absolute Gasteiger partial charge is 0.493 e. The number of nitrogens with two attached hydrogens (primary N) is 1. The maximum absolute atomic E-state index is 11.5. The highest BCUT2D eigenvalue weighted by Gasteiger charge is 2.20. The third kappa shape index (κ3) is 4.01. The summed E-state index contributed by atoms with van der Waals surface area (Å²) in [7, 11) is 1.49. The van der Waals surface area contributed by atoms with Crippen LogP contribution in [0.5, 0.6) is 11.5 Å². The van der Waals surface area contributed by atoms with Gasteiger partial charge in [-0.3, -0.25) is 0 Å². The first-order valence-corrected chi connectivity index (χ1v) is 6.31. The summed E-state index contributed by atoms with van der Waals surface area (Å²) < 4.78 is 15.6. The molecule has 0 amide bonds. The second-order valence-electron chi connectivity index (χ2n) is 3.83. The molecule has 0 saturated carbocycles. The molecule has 19 heavy (non-hydrogen) atoms. The van der Waals surface area contributed by atoms with E-state index in [1.54, 1.807) is 26.0 Å². The summed E-state index contributed by atoms with van der Waals surface area (Å²) in [5.41, 5.74) is 6.37. The molecule has 1 aromatic carbocycles. The SMILES string of the molecule is CCOC(=O)C(C)Oc1c(Cl)cc(CN)cc1OC. The Morgan fingerprint density at radius 1 is 1.47 bits per heavy atom. The molecule has 1 unspecified atom stereocenters. The van der Waals surface area contributed by atoms with Gasteiger partial charge in [-0.25, -0.2) is 4.79 Å². The highest BCUT2D eigenvalue weighted by Crippen LogP contribution is 2.37. The summed E-state index contributed by atoms with van der Waals surface area (Å²) in [5.74, 6) is 0.287. The lowest BCUT2D eigenvalue weighted by molar-refractivity contribution is -0.150. The van der Waals surface area contributed by atoms with E-state index in [2.05, 4.69) is 0 Å². The van der Waals surface area contributed by atoms with Gasteiger partial charge in [0.1, 0.15) is 0 Å². The number of halogens is 1. The average molecular weight is 288 g/mol. The van der Waals surface area contributed by atoms with Crippen LogP contribution in [-0.2, 0) is 16.1 Å². The molecule has 1 rings (SSSR count). The fourth-order valence-electron chi connectivity index (χ4n) is 1.49. The summed E-state index contributed by atoms with van der Waals surface area (Å²) in [6.45, 7) is 3.95. The highest BCUT2D eigenvalue weighted by atomic mass is 35.5. The van der Waals surface area contributed by atoms with Gasteiger partial charge in [0, 0.05) is 6.54 Å². The number of rotatable bonds is 6. The van der Waals surface area contributed by atoms with Crippen molar-refractivity contribution in [2.24, 2.45) is 5.73 Å². The number of methoxy groups -OCH3 is 1. The third-order valence-electron chi connectivity index (χ3n) is 2.44. The van der Waals surface area contributed by atoms with Gasteiger partial charge in [0.05, 0.1) is 18.7 Å². The van der Waals surface area contributed by atoms with E-state index >= 15 is 0 Å². The van der Waals surface area contributed by atoms with Crippen molar-refractivity contribution in [1.29, 1.82) is 0 Å². The highest BCUT2D eigenvalue weighted by molar-refractivity contribution is 6.32. The molecule has 0 aliphatic carbocycles. The van der Waals surface area contributed by atoms with Crippen LogP contribution in [0.3, 0.4) is 0 Å². The average Bonchev–Trinajstić information content (AvgIpc) is 2.40. The normalized spacial score (nSPS) is 11.8. The van der Waals surface area contributed by atoms with Gasteiger partial charge in [-0.2, -0.15) is 0 Å². The van der Waals surface area contributed by atoms with Crippen molar-refractivity contribution in [3.8, 4) is 11.5 Å². The summed E-state index contributed by atoms with van der Waals surface area (Å²) in [6.07, 6.45) is -0.768. The molecule has 2 N–H and O–H groups in total. The monoisotopic (exact) mass is 287 g/mol. The molecule has 1 atom stereocenters. The minimum Gasteiger partial charge on any atom is -0.493 e. The van der Waals surface area contributed by atoms with E-state index in [9.17, 15) is 4.79 Å². The Hall–Kier alpha value is -1.46. The first kappa shape index (κ1) is 15.6. The molecule has 5 nitrogen and oxygen atoms in total. The molecule has 0 fully saturated rings. The molecule has 6 heteroatoms. The van der Waals surface area contributed by atoms with Gasteiger partial charge in [0.25, 0.3) is 0 Å². The topological polar surface area (TPSA) is 70.8 Å². The summed E-state index contributed by atoms with van der Waals surface area (Å²) in [6, 6.07) is 3.40. The van der Waals surface area contributed by atoms with E-state index in [1.807, 2.05) is 0 Å². The maximum atomic E-state index is 11.5. The number of benzene rings is 1. The van der Waals surface area contributed by atoms with Crippen LogP contribution in [0, 0.1) is 0 Å². The van der Waals surface area contributed by atoms with E-state index in [1.165, 1.54) is 7.11 Å². The fraction of sp³-hybridized carbons (Fsp3) is 0.462. The van der Waals surface area contributed by atoms with E-state index in [-0.39, 0.29) is 0 Å². The van der Waals surface area contributed by atoms with Gasteiger partial charge in [-0.1, -0.05) is 11.6 Å². The molecule has 106 valence electrons. The van der Waals surface area contributed by atoms with Gasteiger partial charge in [0.2, 0.25) is 0 Å². The van der Waals surface area contributed by atoms with Crippen molar-refractivity contribution < 1.29 is 19.0 Å². The lowest BCUT2D eigenvalue weighted by Crippen LogP contribution is -2.26. The number of ether oxygens (including phenoxy) is 3. The quantitative estimate of drug-likeness (QED) is 0.812. The van der Waals surface area contributed by atoms with Crippen molar-refractivity contribution in [3.63, 3.8) is 0 Å². The smallest absolute Gasteiger partial charge is 0.347 e. The standard InChI is InChI=1S/C13H18ClNO4/c1-4-18-13(16)8(2)19-12-10(14)5-9(7-15)6-11(12)17-3/h5-6,8H,4,7,15H2,1-3H3. The zero-order chi connectivity index (χ0) is 14.4. The predicted octanol–water partition coefficient (Wildman–Crippen LogP) is 2.14. The molecule has 0 spiro atoms. The summed E-state index contributed by atoms with van der Waals surface area (Å²) in [5, 5.41) is 0.343. The molecule has 0 aliphatic heterocycles. The van der Waals surface area contributed by atoms with E-state index in [0.717, 1.165) is 5.56 Å². The first-order valence-electron chi connectivity index (χ1n) is 5.93. The van der Waals surface area contributed by atoms with E-state index in [4.69, 9.17) is 31.5 Å². The molecule has 0 heterocycles. The number of esters is 1. The van der Waals surface area contributed by atoms with Gasteiger partial charge in [-0.15, -0.1) is 0 Å². The van der Waals surface area contributed by atoms with Crippen LogP contribution in [0.1, 0.15) is 19.4 Å². The predicted molar refractivity (Wildman–Crippen MR) is 72.6 cm³/mol. The minimum atomic E-state index is -0.768. The molecule has 1 aromatic rings. The second-order valence-corrected chi connectivity index (χ2v) is 4.23. The van der Waals surface area contributed by atoms with Gasteiger partial charge >= 0.3 is 5.97 Å². The van der Waals surface area contributed by atoms with Crippen molar-refractivity contribution in [1.82, 2.24) is 0 Å². The van der Waals surface area contributed by atoms with Crippen molar-refractivity contribution in [3.05, 3.63) is 22.7 Å². The molecular weight excluding hydrogens is 270 g/mol. The van der Waals surface area contributed by atoms with Crippen LogP contribution >= 0.6 is 11.6 Å². The Bertz CT molecular complexity index is 451. The zero-order valence-corrected chi connectivity index (χ0v) is 12.0. The molecule has 0 bridgehead atoms. The van der Waals surface area contributed by atoms with E-state index in [0.29, 0.717) is 29.7 Å². The Kier molecular flexibility index (Phi) is 5.92.